The van der Waals surface area contributed by atoms with Crippen LogP contribution in [-0.2, 0) is 6.42 Å². The summed E-state index contributed by atoms with van der Waals surface area (Å²) in [5, 5.41) is 9.54. The Labute approximate surface area is 85.1 Å². The molecule has 0 atom stereocenters. The van der Waals surface area contributed by atoms with Crippen molar-refractivity contribution in [3.05, 3.63) is 47.5 Å². The molecule has 0 aliphatic carbocycles. The first kappa shape index (κ1) is 9.51. The van der Waals surface area contributed by atoms with Crippen LogP contribution in [0.4, 0.5) is 4.39 Å². The van der Waals surface area contributed by atoms with E-state index >= 15 is 0 Å². The highest BCUT2D eigenvalue weighted by Gasteiger charge is 2.09. The summed E-state index contributed by atoms with van der Waals surface area (Å²) >= 11 is 0. The molecule has 76 valence electrons. The van der Waals surface area contributed by atoms with Gasteiger partial charge in [0.05, 0.1) is 6.20 Å². The quantitative estimate of drug-likeness (QED) is 0.770. The standard InChI is InChI=1S/C10H8FN3O/c11-8-3-1-2-7(4-8)5-10(15)9-6-12-14-13-9/h1-4,6H,5H2,(H,12,13,14). The third-order valence-electron chi connectivity index (χ3n) is 1.95. The summed E-state index contributed by atoms with van der Waals surface area (Å²) in [6, 6.07) is 5.93. The van der Waals surface area contributed by atoms with Crippen LogP contribution in [0.1, 0.15) is 16.1 Å². The van der Waals surface area contributed by atoms with E-state index in [0.29, 0.717) is 5.56 Å². The number of carbonyl (C=O) groups is 1. The van der Waals surface area contributed by atoms with Crippen LogP contribution in [0.25, 0.3) is 0 Å². The van der Waals surface area contributed by atoms with Crippen LogP contribution in [0.15, 0.2) is 30.5 Å². The van der Waals surface area contributed by atoms with Crippen LogP contribution in [-0.4, -0.2) is 21.2 Å². The highest BCUT2D eigenvalue weighted by molar-refractivity contribution is 5.95. The Morgan fingerprint density at radius 2 is 2.33 bits per heavy atom. The van der Waals surface area contributed by atoms with Crippen molar-refractivity contribution >= 4 is 5.78 Å². The van der Waals surface area contributed by atoms with Crippen LogP contribution in [0.5, 0.6) is 0 Å². The lowest BCUT2D eigenvalue weighted by molar-refractivity contribution is 0.0988. The Hall–Kier alpha value is -2.04. The van der Waals surface area contributed by atoms with Crippen molar-refractivity contribution in [3.8, 4) is 0 Å². The van der Waals surface area contributed by atoms with Crippen molar-refractivity contribution in [3.63, 3.8) is 0 Å². The molecular formula is C10H8FN3O. The number of aromatic nitrogens is 3. The first-order chi connectivity index (χ1) is 7.25. The molecule has 0 unspecified atom stereocenters. The van der Waals surface area contributed by atoms with Crippen molar-refractivity contribution in [1.82, 2.24) is 15.4 Å². The molecule has 0 amide bonds. The van der Waals surface area contributed by atoms with Crippen LogP contribution >= 0.6 is 0 Å². The number of hydrogen-bond acceptors (Lipinski definition) is 3. The molecular weight excluding hydrogens is 197 g/mol. The number of nitrogens with zero attached hydrogens (tertiary/aromatic N) is 2. The molecule has 0 saturated heterocycles. The summed E-state index contributed by atoms with van der Waals surface area (Å²) in [6.07, 6.45) is 1.48. The van der Waals surface area contributed by atoms with E-state index in [1.165, 1.54) is 18.3 Å². The summed E-state index contributed by atoms with van der Waals surface area (Å²) in [5.41, 5.74) is 0.891. The van der Waals surface area contributed by atoms with E-state index in [1.54, 1.807) is 12.1 Å². The van der Waals surface area contributed by atoms with Crippen LogP contribution in [0.2, 0.25) is 0 Å². The van der Waals surface area contributed by atoms with Crippen LogP contribution in [0.3, 0.4) is 0 Å². The Balaban J connectivity index is 2.13. The predicted octanol–water partition coefficient (Wildman–Crippen LogP) is 1.37. The fourth-order valence-electron chi connectivity index (χ4n) is 1.26. The zero-order chi connectivity index (χ0) is 10.7. The predicted molar refractivity (Wildman–Crippen MR) is 50.8 cm³/mol. The van der Waals surface area contributed by atoms with E-state index in [2.05, 4.69) is 15.4 Å². The maximum Gasteiger partial charge on any atom is 0.189 e. The Morgan fingerprint density at radius 3 is 3.00 bits per heavy atom. The molecule has 0 aliphatic rings. The first-order valence-corrected chi connectivity index (χ1v) is 4.39. The number of halogens is 1. The number of carbonyl (C=O) groups excluding carboxylic acids is 1. The lowest BCUT2D eigenvalue weighted by atomic mass is 10.1. The van der Waals surface area contributed by atoms with Crippen molar-refractivity contribution in [2.75, 3.05) is 0 Å². The van der Waals surface area contributed by atoms with Crippen molar-refractivity contribution in [1.29, 1.82) is 0 Å². The van der Waals surface area contributed by atoms with Gasteiger partial charge in [-0.1, -0.05) is 12.1 Å². The molecule has 0 radical (unpaired) electrons. The van der Waals surface area contributed by atoms with Gasteiger partial charge >= 0.3 is 0 Å². The topological polar surface area (TPSA) is 58.6 Å². The fourth-order valence-corrected chi connectivity index (χ4v) is 1.26. The highest BCUT2D eigenvalue weighted by Crippen LogP contribution is 2.06. The largest absolute Gasteiger partial charge is 0.292 e. The van der Waals surface area contributed by atoms with Crippen LogP contribution in [0, 0.1) is 5.82 Å². The van der Waals surface area contributed by atoms with E-state index in [-0.39, 0.29) is 23.7 Å². The van der Waals surface area contributed by atoms with Gasteiger partial charge in [-0.25, -0.2) is 4.39 Å². The maximum atomic E-state index is 12.8. The minimum Gasteiger partial charge on any atom is -0.292 e. The van der Waals surface area contributed by atoms with Gasteiger partial charge in [-0.15, -0.1) is 0 Å². The SMILES string of the molecule is O=C(Cc1cccc(F)c1)c1cn[nH]n1. The Morgan fingerprint density at radius 1 is 1.47 bits per heavy atom. The lowest BCUT2D eigenvalue weighted by Crippen LogP contribution is -2.04. The minimum absolute atomic E-state index is 0.129. The summed E-state index contributed by atoms with van der Waals surface area (Å²) in [5.74, 6) is -0.533. The third kappa shape index (κ3) is 2.25. The molecule has 15 heavy (non-hydrogen) atoms. The average Bonchev–Trinajstić information content (AvgIpc) is 2.70. The van der Waals surface area contributed by atoms with Gasteiger partial charge in [-0.3, -0.25) is 4.79 Å². The number of benzene rings is 1. The average molecular weight is 205 g/mol. The first-order valence-electron chi connectivity index (χ1n) is 4.39. The van der Waals surface area contributed by atoms with E-state index in [0.717, 1.165) is 0 Å². The molecule has 0 spiro atoms. The number of H-pyrrole nitrogens is 1. The second kappa shape index (κ2) is 4.00. The normalized spacial score (nSPS) is 10.2. The van der Waals surface area contributed by atoms with Gasteiger partial charge in [0, 0.05) is 6.42 Å². The van der Waals surface area contributed by atoms with Crippen LogP contribution < -0.4 is 0 Å². The van der Waals surface area contributed by atoms with E-state index in [9.17, 15) is 9.18 Å². The summed E-state index contributed by atoms with van der Waals surface area (Å²) < 4.78 is 12.8. The smallest absolute Gasteiger partial charge is 0.189 e. The number of Topliss-reactive ketones (excluding diaryl/α,β-unsaturated/α-hetero) is 1. The second-order valence-corrected chi connectivity index (χ2v) is 3.09. The minimum atomic E-state index is -0.347. The summed E-state index contributed by atoms with van der Waals surface area (Å²) in [6.45, 7) is 0. The monoisotopic (exact) mass is 205 g/mol. The molecule has 2 rings (SSSR count). The zero-order valence-corrected chi connectivity index (χ0v) is 7.77. The van der Waals surface area contributed by atoms with Crippen molar-refractivity contribution in [2.24, 2.45) is 0 Å². The number of ketones is 1. The Kier molecular flexibility index (Phi) is 2.53. The zero-order valence-electron chi connectivity index (χ0n) is 7.77. The lowest BCUT2D eigenvalue weighted by Gasteiger charge is -1.97. The summed E-state index contributed by atoms with van der Waals surface area (Å²) in [7, 11) is 0. The molecule has 1 heterocycles. The molecule has 0 fully saturated rings. The van der Waals surface area contributed by atoms with Crippen molar-refractivity contribution in [2.45, 2.75) is 6.42 Å². The maximum absolute atomic E-state index is 12.8. The van der Waals surface area contributed by atoms with E-state index < -0.39 is 0 Å². The van der Waals surface area contributed by atoms with Gasteiger partial charge in [0.2, 0.25) is 0 Å². The van der Waals surface area contributed by atoms with Gasteiger partial charge < -0.3 is 0 Å². The number of hydrogen-bond donors (Lipinski definition) is 1. The number of rotatable bonds is 3. The van der Waals surface area contributed by atoms with Gasteiger partial charge in [0.25, 0.3) is 0 Å². The van der Waals surface area contributed by atoms with E-state index in [1.807, 2.05) is 0 Å². The second-order valence-electron chi connectivity index (χ2n) is 3.09. The van der Waals surface area contributed by atoms with Crippen molar-refractivity contribution < 1.29 is 9.18 Å². The third-order valence-corrected chi connectivity index (χ3v) is 1.95. The molecule has 0 saturated carbocycles. The molecule has 2 aromatic rings. The van der Waals surface area contributed by atoms with Gasteiger partial charge in [-0.2, -0.15) is 15.4 Å². The van der Waals surface area contributed by atoms with Gasteiger partial charge in [0.15, 0.2) is 5.78 Å². The number of aromatic amines is 1. The van der Waals surface area contributed by atoms with Gasteiger partial charge in [0.1, 0.15) is 11.5 Å². The van der Waals surface area contributed by atoms with E-state index in [4.69, 9.17) is 0 Å². The number of nitrogens with one attached hydrogen (secondary N) is 1. The molecule has 0 aliphatic heterocycles. The van der Waals surface area contributed by atoms with Gasteiger partial charge in [-0.05, 0) is 17.7 Å². The molecule has 4 nitrogen and oxygen atoms in total. The molecule has 0 bridgehead atoms. The summed E-state index contributed by atoms with van der Waals surface area (Å²) in [4.78, 5) is 11.5. The molecule has 1 aromatic heterocycles. The molecule has 1 N–H and O–H groups in total. The Bertz CT molecular complexity index is 467. The molecule has 5 heteroatoms. The fraction of sp³-hybridized carbons (Fsp3) is 0.100. The molecule has 1 aromatic carbocycles. The highest BCUT2D eigenvalue weighted by atomic mass is 19.1.